The summed E-state index contributed by atoms with van der Waals surface area (Å²) >= 11 is 1.24. The van der Waals surface area contributed by atoms with Gasteiger partial charge in [-0.1, -0.05) is 30.3 Å². The van der Waals surface area contributed by atoms with E-state index in [9.17, 15) is 14.0 Å². The van der Waals surface area contributed by atoms with Crippen molar-refractivity contribution in [2.24, 2.45) is 4.99 Å². The van der Waals surface area contributed by atoms with Gasteiger partial charge in [-0.05, 0) is 65.9 Å². The molecule has 1 heterocycles. The van der Waals surface area contributed by atoms with Crippen molar-refractivity contribution in [3.8, 4) is 5.75 Å². The van der Waals surface area contributed by atoms with Gasteiger partial charge in [-0.3, -0.25) is 9.69 Å². The molecule has 1 fully saturated rings. The van der Waals surface area contributed by atoms with E-state index >= 15 is 0 Å². The van der Waals surface area contributed by atoms with Gasteiger partial charge in [0.1, 0.15) is 18.2 Å². The average Bonchev–Trinajstić information content (AvgIpc) is 3.07. The van der Waals surface area contributed by atoms with Crippen LogP contribution in [0.1, 0.15) is 21.5 Å². The summed E-state index contributed by atoms with van der Waals surface area (Å²) < 4.78 is 19.4. The number of nitrogens with zero attached hydrogens (tertiary/aromatic N) is 2. The third-order valence-electron chi connectivity index (χ3n) is 4.87. The number of hydrogen-bond donors (Lipinski definition) is 1. The van der Waals surface area contributed by atoms with Gasteiger partial charge in [0.05, 0.1) is 16.2 Å². The van der Waals surface area contributed by atoms with Crippen LogP contribution >= 0.6 is 11.8 Å². The number of carboxylic acid groups (broad SMARTS) is 1. The van der Waals surface area contributed by atoms with Crippen LogP contribution in [0.2, 0.25) is 0 Å². The van der Waals surface area contributed by atoms with Crippen LogP contribution in [0.5, 0.6) is 5.75 Å². The zero-order chi connectivity index (χ0) is 23.4. The fourth-order valence-corrected chi connectivity index (χ4v) is 4.02. The smallest absolute Gasteiger partial charge is 0.335 e. The van der Waals surface area contributed by atoms with Gasteiger partial charge in [0.15, 0.2) is 5.17 Å². The summed E-state index contributed by atoms with van der Waals surface area (Å²) in [6.45, 7) is 0.125. The Labute approximate surface area is 194 Å². The first-order valence-electron chi connectivity index (χ1n) is 9.96. The van der Waals surface area contributed by atoms with Crippen LogP contribution in [0, 0.1) is 5.82 Å². The molecule has 0 aromatic heterocycles. The Bertz CT molecular complexity index is 1250. The molecule has 6 nitrogen and oxygen atoms in total. The number of halogens is 1. The van der Waals surface area contributed by atoms with Gasteiger partial charge in [0, 0.05) is 12.6 Å². The van der Waals surface area contributed by atoms with E-state index in [4.69, 9.17) is 9.84 Å². The molecule has 0 radical (unpaired) electrons. The summed E-state index contributed by atoms with van der Waals surface area (Å²) in [7, 11) is 1.64. The van der Waals surface area contributed by atoms with E-state index in [-0.39, 0.29) is 23.9 Å². The molecule has 0 unspecified atom stereocenters. The number of carbonyl (C=O) groups excluding carboxylic acids is 1. The molecule has 1 amide bonds. The highest BCUT2D eigenvalue weighted by molar-refractivity contribution is 8.18. The summed E-state index contributed by atoms with van der Waals surface area (Å²) in [6, 6.07) is 19.7. The second kappa shape index (κ2) is 9.70. The fraction of sp³-hybridized carbons (Fsp3) is 0.0800. The maximum atomic E-state index is 13.7. The van der Waals surface area contributed by atoms with Gasteiger partial charge in [-0.2, -0.15) is 0 Å². The van der Waals surface area contributed by atoms with Crippen LogP contribution in [0.3, 0.4) is 0 Å². The first kappa shape index (κ1) is 22.3. The Morgan fingerprint density at radius 3 is 2.45 bits per heavy atom. The van der Waals surface area contributed by atoms with Crippen molar-refractivity contribution in [1.29, 1.82) is 0 Å². The first-order chi connectivity index (χ1) is 15.9. The number of likely N-dealkylation sites (N-methyl/N-ethyl adjacent to an activating group) is 1. The van der Waals surface area contributed by atoms with Gasteiger partial charge in [-0.25, -0.2) is 14.2 Å². The van der Waals surface area contributed by atoms with E-state index in [0.29, 0.717) is 27.1 Å². The van der Waals surface area contributed by atoms with Crippen molar-refractivity contribution in [2.45, 2.75) is 6.61 Å². The van der Waals surface area contributed by atoms with Crippen molar-refractivity contribution in [3.05, 3.63) is 100 Å². The van der Waals surface area contributed by atoms with E-state index in [1.54, 1.807) is 55.6 Å². The SMILES string of the molecule is CN1C(=O)C(=Cc2ccc(OCc3ccccc3F)cc2)SC1=Nc1ccc(C(=O)O)cc1. The Morgan fingerprint density at radius 2 is 1.79 bits per heavy atom. The molecule has 1 aliphatic rings. The number of hydrogen-bond acceptors (Lipinski definition) is 5. The highest BCUT2D eigenvalue weighted by atomic mass is 32.2. The summed E-state index contributed by atoms with van der Waals surface area (Å²) in [4.78, 5) is 30.0. The molecule has 166 valence electrons. The third kappa shape index (κ3) is 5.30. The molecular weight excluding hydrogens is 443 g/mol. The maximum absolute atomic E-state index is 13.7. The minimum atomic E-state index is -1.01. The monoisotopic (exact) mass is 462 g/mol. The molecule has 1 saturated heterocycles. The van der Waals surface area contributed by atoms with Crippen molar-refractivity contribution in [2.75, 3.05) is 7.05 Å². The second-order valence-corrected chi connectivity index (χ2v) is 8.18. The predicted octanol–water partition coefficient (Wildman–Crippen LogP) is 5.34. The van der Waals surface area contributed by atoms with E-state index in [2.05, 4.69) is 4.99 Å². The number of benzene rings is 3. The normalized spacial score (nSPS) is 15.9. The Hall–Kier alpha value is -3.91. The zero-order valence-corrected chi connectivity index (χ0v) is 18.4. The van der Waals surface area contributed by atoms with Crippen LogP contribution in [0.15, 0.2) is 82.7 Å². The Morgan fingerprint density at radius 1 is 1.09 bits per heavy atom. The van der Waals surface area contributed by atoms with Crippen LogP contribution in [-0.2, 0) is 11.4 Å². The number of carboxylic acids is 1. The summed E-state index contributed by atoms with van der Waals surface area (Å²) in [5, 5.41) is 9.50. The molecule has 1 aliphatic heterocycles. The summed E-state index contributed by atoms with van der Waals surface area (Å²) in [5.41, 5.74) is 2.01. The van der Waals surface area contributed by atoms with Crippen LogP contribution in [0.25, 0.3) is 6.08 Å². The first-order valence-corrected chi connectivity index (χ1v) is 10.8. The average molecular weight is 463 g/mol. The van der Waals surface area contributed by atoms with Gasteiger partial charge in [0.2, 0.25) is 0 Å². The summed E-state index contributed by atoms with van der Waals surface area (Å²) in [5.74, 6) is -0.906. The number of thioether (sulfide) groups is 1. The Kier molecular flexibility index (Phi) is 6.55. The molecular formula is C25H19FN2O4S. The zero-order valence-electron chi connectivity index (χ0n) is 17.6. The standard InChI is InChI=1S/C25H19FN2O4S/c1-28-23(29)22(33-25(28)27-19-10-8-17(9-11-19)24(30)31)14-16-6-12-20(13-7-16)32-15-18-4-2-3-5-21(18)26/h2-14H,15H2,1H3,(H,30,31). The molecule has 3 aromatic carbocycles. The largest absolute Gasteiger partial charge is 0.489 e. The van der Waals surface area contributed by atoms with Crippen LogP contribution < -0.4 is 4.74 Å². The Balaban J connectivity index is 1.44. The lowest BCUT2D eigenvalue weighted by Gasteiger charge is -2.07. The number of ether oxygens (including phenoxy) is 1. The molecule has 3 aromatic rings. The van der Waals surface area contributed by atoms with E-state index in [1.165, 1.54) is 34.9 Å². The molecule has 4 rings (SSSR count). The molecule has 0 aliphatic carbocycles. The molecule has 8 heteroatoms. The topological polar surface area (TPSA) is 79.2 Å². The van der Waals surface area contributed by atoms with E-state index in [1.807, 2.05) is 12.1 Å². The lowest BCUT2D eigenvalue weighted by molar-refractivity contribution is -0.121. The maximum Gasteiger partial charge on any atom is 0.335 e. The number of rotatable bonds is 6. The van der Waals surface area contributed by atoms with E-state index < -0.39 is 5.97 Å². The fourth-order valence-electron chi connectivity index (χ4n) is 3.03. The highest BCUT2D eigenvalue weighted by Crippen LogP contribution is 2.33. The minimum Gasteiger partial charge on any atom is -0.489 e. The molecule has 33 heavy (non-hydrogen) atoms. The van der Waals surface area contributed by atoms with Gasteiger partial charge < -0.3 is 9.84 Å². The molecule has 0 bridgehead atoms. The lowest BCUT2D eigenvalue weighted by atomic mass is 10.2. The predicted molar refractivity (Wildman–Crippen MR) is 126 cm³/mol. The third-order valence-corrected chi connectivity index (χ3v) is 5.93. The quantitative estimate of drug-likeness (QED) is 0.501. The van der Waals surface area contributed by atoms with Crippen LogP contribution in [-0.4, -0.2) is 34.1 Å². The van der Waals surface area contributed by atoms with Crippen LogP contribution in [0.4, 0.5) is 10.1 Å². The highest BCUT2D eigenvalue weighted by Gasteiger charge is 2.30. The molecule has 0 saturated carbocycles. The molecule has 1 N–H and O–H groups in total. The lowest BCUT2D eigenvalue weighted by Crippen LogP contribution is -2.23. The van der Waals surface area contributed by atoms with Gasteiger partial charge in [-0.15, -0.1) is 0 Å². The minimum absolute atomic E-state index is 0.125. The van der Waals surface area contributed by atoms with E-state index in [0.717, 1.165) is 5.56 Å². The number of amidine groups is 1. The van der Waals surface area contributed by atoms with Crippen molar-refractivity contribution in [1.82, 2.24) is 4.90 Å². The number of aliphatic imine (C=N–C) groups is 1. The molecule has 0 spiro atoms. The number of carbonyl (C=O) groups is 2. The molecule has 0 atom stereocenters. The van der Waals surface area contributed by atoms with Crippen molar-refractivity contribution in [3.63, 3.8) is 0 Å². The second-order valence-electron chi connectivity index (χ2n) is 7.17. The number of amides is 1. The van der Waals surface area contributed by atoms with Gasteiger partial charge in [0.25, 0.3) is 5.91 Å². The number of aromatic carboxylic acids is 1. The van der Waals surface area contributed by atoms with Crippen molar-refractivity contribution < 1.29 is 23.8 Å². The van der Waals surface area contributed by atoms with Gasteiger partial charge >= 0.3 is 5.97 Å². The summed E-state index contributed by atoms with van der Waals surface area (Å²) in [6.07, 6.45) is 1.76. The van der Waals surface area contributed by atoms with Crippen molar-refractivity contribution >= 4 is 40.6 Å².